The van der Waals surface area contributed by atoms with E-state index in [-0.39, 0.29) is 16.6 Å². The van der Waals surface area contributed by atoms with Crippen molar-refractivity contribution in [3.05, 3.63) is 69.8 Å². The Hall–Kier alpha value is -2.97. The highest BCUT2D eigenvalue weighted by Crippen LogP contribution is 2.28. The Kier molecular flexibility index (Phi) is 4.13. The molecule has 0 bridgehead atoms. The average molecular weight is 396 g/mol. The van der Waals surface area contributed by atoms with E-state index in [4.69, 9.17) is 5.14 Å². The summed E-state index contributed by atoms with van der Waals surface area (Å²) in [5.41, 5.74) is 5.06. The summed E-state index contributed by atoms with van der Waals surface area (Å²) in [5, 5.41) is 6.06. The summed E-state index contributed by atoms with van der Waals surface area (Å²) >= 11 is 0. The first-order valence-electron chi connectivity index (χ1n) is 8.80. The van der Waals surface area contributed by atoms with Gasteiger partial charge in [0.2, 0.25) is 10.0 Å². The summed E-state index contributed by atoms with van der Waals surface area (Å²) in [6, 6.07) is 9.99. The van der Waals surface area contributed by atoms with E-state index in [9.17, 15) is 13.2 Å². The molecule has 2 aromatic carbocycles. The number of nitrogens with one attached hydrogen (secondary N) is 1. The number of hydrogen-bond donors (Lipinski definition) is 2. The van der Waals surface area contributed by atoms with Gasteiger partial charge in [-0.15, -0.1) is 0 Å². The van der Waals surface area contributed by atoms with E-state index in [2.05, 4.69) is 9.97 Å². The lowest BCUT2D eigenvalue weighted by molar-refractivity contribution is 0.597. The second kappa shape index (κ2) is 6.29. The van der Waals surface area contributed by atoms with Crippen molar-refractivity contribution in [1.82, 2.24) is 14.5 Å². The van der Waals surface area contributed by atoms with Crippen LogP contribution in [-0.2, 0) is 10.0 Å². The first kappa shape index (κ1) is 18.4. The zero-order valence-corrected chi connectivity index (χ0v) is 16.5. The van der Waals surface area contributed by atoms with Gasteiger partial charge in [-0.2, -0.15) is 0 Å². The number of pyridine rings is 1. The van der Waals surface area contributed by atoms with Crippen LogP contribution in [0.5, 0.6) is 0 Å². The third-order valence-corrected chi connectivity index (χ3v) is 6.16. The highest BCUT2D eigenvalue weighted by molar-refractivity contribution is 7.89. The predicted molar refractivity (Wildman–Crippen MR) is 109 cm³/mol. The van der Waals surface area contributed by atoms with Gasteiger partial charge in [-0.25, -0.2) is 18.4 Å². The third kappa shape index (κ3) is 2.90. The molecule has 144 valence electrons. The van der Waals surface area contributed by atoms with Gasteiger partial charge in [-0.3, -0.25) is 9.55 Å². The van der Waals surface area contributed by atoms with Gasteiger partial charge in [-0.05, 0) is 61.7 Å². The van der Waals surface area contributed by atoms with Crippen molar-refractivity contribution in [2.24, 2.45) is 5.14 Å². The molecular weight excluding hydrogens is 376 g/mol. The Morgan fingerprint density at radius 2 is 1.75 bits per heavy atom. The standard InChI is InChI=1S/C20H20N4O3S/c1-11-8-16-17(9-12(11)2)22-10-18-19(16)24(20(25)23-18)13(3)14-4-6-15(7-5-14)28(21,26)27/h4-10,13H,1-3H3,(H,23,25)(H2,21,26,27)/t13-/m1/s1. The molecule has 4 rings (SSSR count). The van der Waals surface area contributed by atoms with Gasteiger partial charge in [0.25, 0.3) is 0 Å². The number of primary sulfonamides is 1. The second-order valence-electron chi connectivity index (χ2n) is 7.06. The molecule has 7 nitrogen and oxygen atoms in total. The highest BCUT2D eigenvalue weighted by atomic mass is 32.2. The fraction of sp³-hybridized carbons (Fsp3) is 0.200. The van der Waals surface area contributed by atoms with Gasteiger partial charge >= 0.3 is 5.69 Å². The number of benzene rings is 2. The molecule has 1 atom stereocenters. The Bertz CT molecular complexity index is 1380. The van der Waals surface area contributed by atoms with Gasteiger partial charge in [0.1, 0.15) is 0 Å². The van der Waals surface area contributed by atoms with Crippen molar-refractivity contribution >= 4 is 32.0 Å². The van der Waals surface area contributed by atoms with Crippen molar-refractivity contribution in [2.75, 3.05) is 0 Å². The van der Waals surface area contributed by atoms with Crippen molar-refractivity contribution in [2.45, 2.75) is 31.7 Å². The lowest BCUT2D eigenvalue weighted by atomic mass is 10.0. The van der Waals surface area contributed by atoms with E-state index >= 15 is 0 Å². The van der Waals surface area contributed by atoms with Crippen LogP contribution in [0.2, 0.25) is 0 Å². The Balaban J connectivity index is 1.95. The summed E-state index contributed by atoms with van der Waals surface area (Å²) in [7, 11) is -3.76. The average Bonchev–Trinajstić information content (AvgIpc) is 2.98. The van der Waals surface area contributed by atoms with Crippen LogP contribution >= 0.6 is 0 Å². The number of nitrogens with two attached hydrogens (primary N) is 1. The minimum Gasteiger partial charge on any atom is -0.304 e. The van der Waals surface area contributed by atoms with Crippen LogP contribution in [0.25, 0.3) is 21.9 Å². The number of hydrogen-bond acceptors (Lipinski definition) is 4. The van der Waals surface area contributed by atoms with E-state index in [1.165, 1.54) is 12.1 Å². The molecule has 0 unspecified atom stereocenters. The molecule has 0 spiro atoms. The first-order chi connectivity index (χ1) is 13.2. The molecule has 0 aliphatic carbocycles. The van der Waals surface area contributed by atoms with Crippen LogP contribution < -0.4 is 10.8 Å². The molecule has 2 heterocycles. The second-order valence-corrected chi connectivity index (χ2v) is 8.63. The highest BCUT2D eigenvalue weighted by Gasteiger charge is 2.18. The molecule has 0 saturated carbocycles. The topological polar surface area (TPSA) is 111 Å². The molecule has 2 aromatic heterocycles. The fourth-order valence-electron chi connectivity index (χ4n) is 3.52. The Morgan fingerprint density at radius 1 is 1.11 bits per heavy atom. The van der Waals surface area contributed by atoms with Crippen LogP contribution in [0.4, 0.5) is 0 Å². The van der Waals surface area contributed by atoms with Gasteiger partial charge in [0.15, 0.2) is 0 Å². The zero-order valence-electron chi connectivity index (χ0n) is 15.7. The van der Waals surface area contributed by atoms with Crippen molar-refractivity contribution in [3.8, 4) is 0 Å². The molecule has 0 aliphatic heterocycles. The number of H-pyrrole nitrogens is 1. The van der Waals surface area contributed by atoms with Crippen LogP contribution in [0, 0.1) is 13.8 Å². The molecule has 0 radical (unpaired) electrons. The lowest BCUT2D eigenvalue weighted by Crippen LogP contribution is -2.21. The summed E-state index contributed by atoms with van der Waals surface area (Å²) in [6.07, 6.45) is 1.67. The monoisotopic (exact) mass is 396 g/mol. The number of aromatic nitrogens is 3. The largest absolute Gasteiger partial charge is 0.327 e. The van der Waals surface area contributed by atoms with Gasteiger partial charge < -0.3 is 4.98 Å². The summed E-state index contributed by atoms with van der Waals surface area (Å²) in [4.78, 5) is 20.1. The van der Waals surface area contributed by atoms with Crippen LogP contribution in [-0.4, -0.2) is 23.0 Å². The molecule has 8 heteroatoms. The van der Waals surface area contributed by atoms with Gasteiger partial charge in [0.05, 0.1) is 33.7 Å². The summed E-state index contributed by atoms with van der Waals surface area (Å²) in [6.45, 7) is 5.95. The maximum Gasteiger partial charge on any atom is 0.327 e. The first-order valence-corrected chi connectivity index (χ1v) is 10.3. The maximum atomic E-state index is 12.7. The zero-order chi connectivity index (χ0) is 20.2. The quantitative estimate of drug-likeness (QED) is 0.555. The minimum atomic E-state index is -3.76. The third-order valence-electron chi connectivity index (χ3n) is 5.23. The molecule has 3 N–H and O–H groups in total. The number of sulfonamides is 1. The fourth-order valence-corrected chi connectivity index (χ4v) is 4.04. The molecule has 0 amide bonds. The predicted octanol–water partition coefficient (Wildman–Crippen LogP) is 2.75. The van der Waals surface area contributed by atoms with E-state index in [1.54, 1.807) is 22.9 Å². The Morgan fingerprint density at radius 3 is 2.39 bits per heavy atom. The van der Waals surface area contributed by atoms with E-state index < -0.39 is 10.0 Å². The normalized spacial score (nSPS) is 13.3. The van der Waals surface area contributed by atoms with Crippen molar-refractivity contribution in [3.63, 3.8) is 0 Å². The van der Waals surface area contributed by atoms with Crippen molar-refractivity contribution < 1.29 is 8.42 Å². The number of nitrogens with zero attached hydrogens (tertiary/aromatic N) is 2. The Labute approximate surface area is 161 Å². The van der Waals surface area contributed by atoms with E-state index in [0.717, 1.165) is 33.1 Å². The van der Waals surface area contributed by atoms with E-state index in [0.29, 0.717) is 5.52 Å². The van der Waals surface area contributed by atoms with Gasteiger partial charge in [-0.1, -0.05) is 12.1 Å². The molecule has 28 heavy (non-hydrogen) atoms. The number of aryl methyl sites for hydroxylation is 2. The lowest BCUT2D eigenvalue weighted by Gasteiger charge is -2.16. The molecule has 4 aromatic rings. The SMILES string of the molecule is Cc1cc2ncc3[nH]c(=O)n([C@H](C)c4ccc(S(N)(=O)=O)cc4)c3c2cc1C. The maximum absolute atomic E-state index is 12.7. The number of rotatable bonds is 3. The molecule has 0 aliphatic rings. The number of imidazole rings is 1. The number of aromatic amines is 1. The number of fused-ring (bicyclic) bond motifs is 3. The van der Waals surface area contributed by atoms with Crippen LogP contribution in [0.3, 0.4) is 0 Å². The molecule has 0 saturated heterocycles. The minimum absolute atomic E-state index is 0.0375. The van der Waals surface area contributed by atoms with Crippen molar-refractivity contribution in [1.29, 1.82) is 0 Å². The summed E-state index contributed by atoms with van der Waals surface area (Å²) in [5.74, 6) is 0. The van der Waals surface area contributed by atoms with E-state index in [1.807, 2.05) is 32.9 Å². The smallest absolute Gasteiger partial charge is 0.304 e. The van der Waals surface area contributed by atoms with Gasteiger partial charge in [0, 0.05) is 5.39 Å². The van der Waals surface area contributed by atoms with Crippen LogP contribution in [0.15, 0.2) is 52.3 Å². The van der Waals surface area contributed by atoms with Crippen LogP contribution in [0.1, 0.15) is 29.7 Å². The summed E-state index contributed by atoms with van der Waals surface area (Å²) < 4.78 is 24.7. The molecular formula is C20H20N4O3S. The molecule has 0 fully saturated rings.